The molecule has 0 spiro atoms. The van der Waals surface area contributed by atoms with Crippen LogP contribution in [0.25, 0.3) is 22.2 Å². The quantitative estimate of drug-likeness (QED) is 0.433. The first-order chi connectivity index (χ1) is 17.2. The summed E-state index contributed by atoms with van der Waals surface area (Å²) < 4.78 is 24.7. The molecule has 176 valence electrons. The molecule has 6 nitrogen and oxygen atoms in total. The van der Waals surface area contributed by atoms with Gasteiger partial charge in [0.1, 0.15) is 19.0 Å². The van der Waals surface area contributed by atoms with Gasteiger partial charge in [-0.15, -0.1) is 0 Å². The molecular formula is C28H24FN3O3. The zero-order valence-corrected chi connectivity index (χ0v) is 19.1. The van der Waals surface area contributed by atoms with Crippen LogP contribution >= 0.6 is 0 Å². The number of piperazine rings is 1. The summed E-state index contributed by atoms with van der Waals surface area (Å²) in [5.41, 5.74) is 3.96. The summed E-state index contributed by atoms with van der Waals surface area (Å²) in [5.74, 6) is 1.15. The number of ether oxygens (including phenoxy) is 2. The van der Waals surface area contributed by atoms with Gasteiger partial charge in [0.25, 0.3) is 5.91 Å². The minimum atomic E-state index is -0.249. The largest absolute Gasteiger partial charge is 0.486 e. The maximum Gasteiger partial charge on any atom is 0.254 e. The molecule has 0 saturated carbocycles. The Hall–Kier alpha value is -4.13. The van der Waals surface area contributed by atoms with Crippen LogP contribution in [0.1, 0.15) is 10.4 Å². The van der Waals surface area contributed by atoms with Crippen LogP contribution in [0.2, 0.25) is 0 Å². The van der Waals surface area contributed by atoms with Crippen molar-refractivity contribution in [2.24, 2.45) is 0 Å². The number of hydrogen-bond acceptors (Lipinski definition) is 5. The zero-order valence-electron chi connectivity index (χ0n) is 19.1. The highest BCUT2D eigenvalue weighted by atomic mass is 19.1. The maximum absolute atomic E-state index is 13.7. The maximum atomic E-state index is 13.7. The van der Waals surface area contributed by atoms with Gasteiger partial charge in [0.15, 0.2) is 11.5 Å². The van der Waals surface area contributed by atoms with Gasteiger partial charge in [-0.3, -0.25) is 4.79 Å². The molecule has 1 aromatic heterocycles. The van der Waals surface area contributed by atoms with Crippen molar-refractivity contribution in [1.29, 1.82) is 0 Å². The molecule has 0 aliphatic carbocycles. The first-order valence-electron chi connectivity index (χ1n) is 11.8. The lowest BCUT2D eigenvalue weighted by Crippen LogP contribution is -2.48. The average Bonchev–Trinajstić information content (AvgIpc) is 2.92. The Balaban J connectivity index is 1.30. The highest BCUT2D eigenvalue weighted by molar-refractivity contribution is 6.07. The summed E-state index contributed by atoms with van der Waals surface area (Å²) in [7, 11) is 0. The monoisotopic (exact) mass is 469 g/mol. The molecule has 6 rings (SSSR count). The second kappa shape index (κ2) is 8.91. The molecule has 3 aromatic carbocycles. The minimum absolute atomic E-state index is 0.0128. The standard InChI is InChI=1S/C28H24FN3O3/c29-20-6-8-21(9-7-20)31-11-13-32(14-12-31)28(33)23-18-25(30-24-4-2-1-3-22(23)24)19-5-10-26-27(17-19)35-16-15-34-26/h1-10,17-18H,11-16H2. The summed E-state index contributed by atoms with van der Waals surface area (Å²) in [5, 5.41) is 0.833. The van der Waals surface area contributed by atoms with Crippen molar-refractivity contribution in [3.8, 4) is 22.8 Å². The molecule has 0 atom stereocenters. The molecular weight excluding hydrogens is 445 g/mol. The van der Waals surface area contributed by atoms with Crippen LogP contribution in [0.3, 0.4) is 0 Å². The highest BCUT2D eigenvalue weighted by Gasteiger charge is 2.25. The zero-order chi connectivity index (χ0) is 23.8. The lowest BCUT2D eigenvalue weighted by atomic mass is 10.0. The van der Waals surface area contributed by atoms with Gasteiger partial charge in [0.2, 0.25) is 0 Å². The van der Waals surface area contributed by atoms with E-state index in [2.05, 4.69) is 4.90 Å². The first kappa shape index (κ1) is 21.4. The molecule has 7 heteroatoms. The number of benzene rings is 3. The van der Waals surface area contributed by atoms with Gasteiger partial charge in [-0.1, -0.05) is 18.2 Å². The van der Waals surface area contributed by atoms with Crippen molar-refractivity contribution in [2.45, 2.75) is 0 Å². The SMILES string of the molecule is O=C(c1cc(-c2ccc3c(c2)OCCO3)nc2ccccc12)N1CCN(c2ccc(F)cc2)CC1. The number of fused-ring (bicyclic) bond motifs is 2. The number of pyridine rings is 1. The molecule has 4 aromatic rings. The molecule has 0 N–H and O–H groups in total. The number of anilines is 1. The normalized spacial score (nSPS) is 15.3. The highest BCUT2D eigenvalue weighted by Crippen LogP contribution is 2.35. The van der Waals surface area contributed by atoms with Crippen molar-refractivity contribution in [2.75, 3.05) is 44.3 Å². The molecule has 0 bridgehead atoms. The smallest absolute Gasteiger partial charge is 0.254 e. The average molecular weight is 470 g/mol. The molecule has 2 aliphatic rings. The fourth-order valence-electron chi connectivity index (χ4n) is 4.69. The summed E-state index contributed by atoms with van der Waals surface area (Å²) in [6.07, 6.45) is 0. The van der Waals surface area contributed by atoms with Crippen LogP contribution in [0.5, 0.6) is 11.5 Å². The molecule has 0 radical (unpaired) electrons. The number of carbonyl (C=O) groups excluding carboxylic acids is 1. The summed E-state index contributed by atoms with van der Waals surface area (Å²) >= 11 is 0. The number of rotatable bonds is 3. The number of amides is 1. The third kappa shape index (κ3) is 4.14. The number of hydrogen-bond donors (Lipinski definition) is 0. The van der Waals surface area contributed by atoms with Gasteiger partial charge in [-0.2, -0.15) is 0 Å². The second-order valence-electron chi connectivity index (χ2n) is 8.69. The number of halogens is 1. The molecule has 0 unspecified atom stereocenters. The van der Waals surface area contributed by atoms with Gasteiger partial charge in [0.05, 0.1) is 16.8 Å². The number of aromatic nitrogens is 1. The van der Waals surface area contributed by atoms with Gasteiger partial charge < -0.3 is 19.3 Å². The van der Waals surface area contributed by atoms with Crippen molar-refractivity contribution in [3.05, 3.63) is 84.2 Å². The number of para-hydroxylation sites is 1. The van der Waals surface area contributed by atoms with Crippen molar-refractivity contribution >= 4 is 22.5 Å². The van der Waals surface area contributed by atoms with E-state index in [4.69, 9.17) is 14.5 Å². The first-order valence-corrected chi connectivity index (χ1v) is 11.8. The van der Waals surface area contributed by atoms with Crippen LogP contribution in [0.4, 0.5) is 10.1 Å². The molecule has 35 heavy (non-hydrogen) atoms. The van der Waals surface area contributed by atoms with E-state index in [1.54, 1.807) is 12.1 Å². The summed E-state index contributed by atoms with van der Waals surface area (Å²) in [4.78, 5) is 22.6. The van der Waals surface area contributed by atoms with Gasteiger partial charge in [-0.05, 0) is 54.6 Å². The fourth-order valence-corrected chi connectivity index (χ4v) is 4.69. The van der Waals surface area contributed by atoms with Crippen LogP contribution in [-0.4, -0.2) is 55.2 Å². The van der Waals surface area contributed by atoms with Crippen LogP contribution < -0.4 is 14.4 Å². The van der Waals surface area contributed by atoms with E-state index in [1.165, 1.54) is 12.1 Å². The third-order valence-corrected chi connectivity index (χ3v) is 6.54. The van der Waals surface area contributed by atoms with E-state index in [0.717, 1.165) is 27.9 Å². The van der Waals surface area contributed by atoms with E-state index in [0.29, 0.717) is 56.4 Å². The Morgan fingerprint density at radius 2 is 1.57 bits per heavy atom. The van der Waals surface area contributed by atoms with Crippen molar-refractivity contribution in [1.82, 2.24) is 9.88 Å². The van der Waals surface area contributed by atoms with Crippen molar-refractivity contribution < 1.29 is 18.7 Å². The second-order valence-corrected chi connectivity index (χ2v) is 8.69. The summed E-state index contributed by atoms with van der Waals surface area (Å²) in [6.45, 7) is 3.60. The summed E-state index contributed by atoms with van der Waals surface area (Å²) in [6, 6.07) is 21.9. The molecule has 1 saturated heterocycles. The molecule has 1 fully saturated rings. The Morgan fingerprint density at radius 3 is 2.37 bits per heavy atom. The number of carbonyl (C=O) groups is 1. The Bertz CT molecular complexity index is 1400. The topological polar surface area (TPSA) is 54.9 Å². The Kier molecular flexibility index (Phi) is 5.45. The van der Waals surface area contributed by atoms with E-state index >= 15 is 0 Å². The lowest BCUT2D eigenvalue weighted by molar-refractivity contribution is 0.0748. The van der Waals surface area contributed by atoms with E-state index < -0.39 is 0 Å². The van der Waals surface area contributed by atoms with Crippen LogP contribution in [0.15, 0.2) is 72.8 Å². The van der Waals surface area contributed by atoms with Gasteiger partial charge >= 0.3 is 0 Å². The van der Waals surface area contributed by atoms with E-state index in [-0.39, 0.29) is 11.7 Å². The number of nitrogens with zero attached hydrogens (tertiary/aromatic N) is 3. The third-order valence-electron chi connectivity index (χ3n) is 6.54. The van der Waals surface area contributed by atoms with Gasteiger partial charge in [0, 0.05) is 42.8 Å². The van der Waals surface area contributed by atoms with Crippen LogP contribution in [-0.2, 0) is 0 Å². The Labute approximate surface area is 202 Å². The minimum Gasteiger partial charge on any atom is -0.486 e. The van der Waals surface area contributed by atoms with Gasteiger partial charge in [-0.25, -0.2) is 9.37 Å². The Morgan fingerprint density at radius 1 is 0.829 bits per heavy atom. The van der Waals surface area contributed by atoms with Crippen LogP contribution in [0, 0.1) is 5.82 Å². The molecule has 2 aliphatic heterocycles. The predicted molar refractivity (Wildman–Crippen MR) is 133 cm³/mol. The predicted octanol–water partition coefficient (Wildman–Crippen LogP) is 4.77. The lowest BCUT2D eigenvalue weighted by Gasteiger charge is -2.36. The van der Waals surface area contributed by atoms with E-state index in [1.807, 2.05) is 53.4 Å². The molecule has 3 heterocycles. The van der Waals surface area contributed by atoms with E-state index in [9.17, 15) is 9.18 Å². The fraction of sp³-hybridized carbons (Fsp3) is 0.214. The molecule has 1 amide bonds. The van der Waals surface area contributed by atoms with Crippen molar-refractivity contribution in [3.63, 3.8) is 0 Å².